The second kappa shape index (κ2) is 10.6. The monoisotopic (exact) mass is 496 g/mol. The zero-order valence-corrected chi connectivity index (χ0v) is 19.5. The molecule has 2 aliphatic heterocycles. The fourth-order valence-corrected chi connectivity index (χ4v) is 3.85. The number of hydrogen-bond donors (Lipinski definition) is 0. The molecule has 1 saturated heterocycles. The van der Waals surface area contributed by atoms with Crippen LogP contribution in [0.2, 0.25) is 0 Å². The Kier molecular flexibility index (Phi) is 7.29. The van der Waals surface area contributed by atoms with Gasteiger partial charge in [-0.15, -0.1) is 0 Å². The minimum atomic E-state index is -4.59. The van der Waals surface area contributed by atoms with E-state index in [-0.39, 0.29) is 18.7 Å². The Balaban J connectivity index is 1.38. The normalized spacial score (nSPS) is 15.7. The Morgan fingerprint density at radius 1 is 1.00 bits per heavy atom. The number of alkyl halides is 3. The third kappa shape index (κ3) is 6.05. The number of benzene rings is 2. The summed E-state index contributed by atoms with van der Waals surface area (Å²) < 4.78 is 45.0. The highest BCUT2D eigenvalue weighted by Gasteiger charge is 2.36. The van der Waals surface area contributed by atoms with Gasteiger partial charge in [-0.05, 0) is 42.3 Å². The van der Waals surface area contributed by atoms with Gasteiger partial charge in [-0.2, -0.15) is 13.2 Å². The van der Waals surface area contributed by atoms with Crippen LogP contribution in [0, 0.1) is 12.0 Å². The smallest absolute Gasteiger partial charge is 0.417 e. The van der Waals surface area contributed by atoms with Gasteiger partial charge in [0.15, 0.2) is 0 Å². The number of carbonyl (C=O) groups is 2. The molecular weight excluding hydrogens is 473 g/mol. The minimum Gasteiger partial charge on any atom is -0.427 e. The maximum Gasteiger partial charge on any atom is 0.417 e. The molecule has 2 heterocycles. The average Bonchev–Trinajstić information content (AvgIpc) is 2.87. The van der Waals surface area contributed by atoms with E-state index in [4.69, 9.17) is 4.74 Å². The van der Waals surface area contributed by atoms with E-state index in [0.29, 0.717) is 25.5 Å². The van der Waals surface area contributed by atoms with Crippen molar-refractivity contribution >= 4 is 18.1 Å². The van der Waals surface area contributed by atoms with Crippen LogP contribution in [0.15, 0.2) is 65.4 Å². The molecule has 0 spiro atoms. The van der Waals surface area contributed by atoms with Crippen LogP contribution < -0.4 is 4.74 Å². The van der Waals surface area contributed by atoms with E-state index in [1.54, 1.807) is 35.4 Å². The number of rotatable bonds is 3. The standard InChI is InChI=1S/C26H23F3N4O3/c1-19(34)36-22-8-6-20(7-9-22)10-11-31-17-21(16-30-18-31)32-12-14-33(15-13-32)25(35)23-4-2-3-5-24(23)26(27,28)29/h2-9,16-17H,12-15,18H2,1H3. The molecule has 0 aliphatic carbocycles. The number of allylic oxidation sites excluding steroid dienone is 1. The van der Waals surface area contributed by atoms with Gasteiger partial charge in [0.1, 0.15) is 12.4 Å². The molecule has 10 heteroatoms. The Morgan fingerprint density at radius 2 is 1.69 bits per heavy atom. The van der Waals surface area contributed by atoms with Crippen molar-refractivity contribution in [3.05, 3.63) is 77.1 Å². The van der Waals surface area contributed by atoms with Crippen molar-refractivity contribution in [2.45, 2.75) is 13.1 Å². The van der Waals surface area contributed by atoms with Crippen molar-refractivity contribution in [1.82, 2.24) is 14.7 Å². The van der Waals surface area contributed by atoms with Gasteiger partial charge in [0.2, 0.25) is 0 Å². The Morgan fingerprint density at radius 3 is 2.36 bits per heavy atom. The maximum atomic E-state index is 13.3. The molecule has 0 atom stereocenters. The summed E-state index contributed by atoms with van der Waals surface area (Å²) in [7, 11) is 0. The zero-order valence-electron chi connectivity index (χ0n) is 19.5. The van der Waals surface area contributed by atoms with Crippen LogP contribution >= 0.6 is 0 Å². The molecule has 2 aliphatic rings. The van der Waals surface area contributed by atoms with Gasteiger partial charge in [-0.3, -0.25) is 19.5 Å². The summed E-state index contributed by atoms with van der Waals surface area (Å²) in [5.74, 6) is 2.45. The summed E-state index contributed by atoms with van der Waals surface area (Å²) in [6.07, 6.45) is -1.02. The van der Waals surface area contributed by atoms with Crippen LogP contribution in [0.3, 0.4) is 0 Å². The lowest BCUT2D eigenvalue weighted by atomic mass is 10.1. The van der Waals surface area contributed by atoms with Crippen molar-refractivity contribution in [3.63, 3.8) is 0 Å². The summed E-state index contributed by atoms with van der Waals surface area (Å²) in [4.78, 5) is 33.4. The van der Waals surface area contributed by atoms with Crippen LogP contribution in [-0.4, -0.2) is 65.6 Å². The van der Waals surface area contributed by atoms with Crippen molar-refractivity contribution in [1.29, 1.82) is 0 Å². The van der Waals surface area contributed by atoms with Gasteiger partial charge in [-0.25, -0.2) is 0 Å². The second-order valence-corrected chi connectivity index (χ2v) is 8.15. The van der Waals surface area contributed by atoms with E-state index in [1.807, 2.05) is 11.1 Å². The highest BCUT2D eigenvalue weighted by Crippen LogP contribution is 2.32. The first-order valence-electron chi connectivity index (χ1n) is 11.2. The summed E-state index contributed by atoms with van der Waals surface area (Å²) in [6.45, 7) is 3.17. The second-order valence-electron chi connectivity index (χ2n) is 8.15. The molecule has 186 valence electrons. The van der Waals surface area contributed by atoms with E-state index in [1.165, 1.54) is 30.0 Å². The number of halogens is 3. The fourth-order valence-electron chi connectivity index (χ4n) is 3.85. The number of nitrogens with zero attached hydrogens (tertiary/aromatic N) is 4. The number of ether oxygens (including phenoxy) is 1. The first kappa shape index (κ1) is 24.9. The number of esters is 1. The first-order chi connectivity index (χ1) is 17.2. The predicted octanol–water partition coefficient (Wildman–Crippen LogP) is 3.58. The van der Waals surface area contributed by atoms with Crippen molar-refractivity contribution < 1.29 is 27.5 Å². The van der Waals surface area contributed by atoms with E-state index < -0.39 is 23.6 Å². The van der Waals surface area contributed by atoms with Gasteiger partial charge in [0, 0.05) is 57.1 Å². The third-order valence-electron chi connectivity index (χ3n) is 5.60. The van der Waals surface area contributed by atoms with Gasteiger partial charge < -0.3 is 14.5 Å². The number of aliphatic imine (C=N–C) groups is 1. The predicted molar refractivity (Wildman–Crippen MR) is 127 cm³/mol. The Hall–Kier alpha value is -4.26. The SMILES string of the molecule is CC(=O)Oc1ccc(C#CN2C=C(N3CCN(C(=O)c4ccccc4C(F)(F)F)CC3)C=NC2)cc1. The number of carbonyl (C=O) groups excluding carboxylic acids is 2. The van der Waals surface area contributed by atoms with Crippen LogP contribution in [0.4, 0.5) is 13.2 Å². The number of hydrogen-bond acceptors (Lipinski definition) is 6. The van der Waals surface area contributed by atoms with E-state index in [2.05, 4.69) is 17.0 Å². The largest absolute Gasteiger partial charge is 0.427 e. The molecule has 0 saturated carbocycles. The molecular formula is C26H23F3N4O3. The lowest BCUT2D eigenvalue weighted by Gasteiger charge is -2.37. The minimum absolute atomic E-state index is 0.288. The summed E-state index contributed by atoms with van der Waals surface area (Å²) >= 11 is 0. The molecule has 36 heavy (non-hydrogen) atoms. The van der Waals surface area contributed by atoms with Crippen molar-refractivity contribution in [2.75, 3.05) is 32.8 Å². The molecule has 4 rings (SSSR count). The Labute approximate surface area is 206 Å². The van der Waals surface area contributed by atoms with Gasteiger partial charge in [0.25, 0.3) is 5.91 Å². The van der Waals surface area contributed by atoms with Gasteiger partial charge in [-0.1, -0.05) is 12.1 Å². The van der Waals surface area contributed by atoms with E-state index >= 15 is 0 Å². The fraction of sp³-hybridized carbons (Fsp3) is 0.269. The van der Waals surface area contributed by atoms with Crippen LogP contribution in [0.25, 0.3) is 0 Å². The highest BCUT2D eigenvalue weighted by molar-refractivity contribution is 5.96. The Bertz CT molecular complexity index is 1250. The quantitative estimate of drug-likeness (QED) is 0.369. The molecule has 2 aromatic rings. The summed E-state index contributed by atoms with van der Waals surface area (Å²) in [5.41, 5.74) is 0.291. The molecule has 0 N–H and O–H groups in total. The highest BCUT2D eigenvalue weighted by atomic mass is 19.4. The molecule has 0 aromatic heterocycles. The van der Waals surface area contributed by atoms with Crippen LogP contribution in [0.1, 0.15) is 28.4 Å². The molecule has 2 aromatic carbocycles. The lowest BCUT2D eigenvalue weighted by molar-refractivity contribution is -0.138. The maximum absolute atomic E-state index is 13.3. The molecule has 7 nitrogen and oxygen atoms in total. The van der Waals surface area contributed by atoms with Crippen molar-refractivity contribution in [2.24, 2.45) is 4.99 Å². The van der Waals surface area contributed by atoms with Gasteiger partial charge >= 0.3 is 12.1 Å². The number of piperazine rings is 1. The average molecular weight is 496 g/mol. The van der Waals surface area contributed by atoms with Crippen molar-refractivity contribution in [3.8, 4) is 17.7 Å². The molecule has 1 fully saturated rings. The van der Waals surface area contributed by atoms with E-state index in [0.717, 1.165) is 17.3 Å². The summed E-state index contributed by atoms with van der Waals surface area (Å²) in [6, 6.07) is 14.7. The molecule has 0 bridgehead atoms. The molecule has 0 unspecified atom stereocenters. The van der Waals surface area contributed by atoms with Crippen LogP contribution in [-0.2, 0) is 11.0 Å². The van der Waals surface area contributed by atoms with E-state index in [9.17, 15) is 22.8 Å². The zero-order chi connectivity index (χ0) is 25.7. The lowest BCUT2D eigenvalue weighted by Crippen LogP contribution is -2.49. The van der Waals surface area contributed by atoms with Gasteiger partial charge in [0.05, 0.1) is 16.8 Å². The molecule has 1 amide bonds. The van der Waals surface area contributed by atoms with Crippen LogP contribution in [0.5, 0.6) is 5.75 Å². The third-order valence-corrected chi connectivity index (χ3v) is 5.60. The number of amides is 1. The molecule has 0 radical (unpaired) electrons. The first-order valence-corrected chi connectivity index (χ1v) is 11.2. The topological polar surface area (TPSA) is 65.5 Å². The summed E-state index contributed by atoms with van der Waals surface area (Å²) in [5, 5.41) is 0.